The monoisotopic (exact) mass is 310 g/mol. The van der Waals surface area contributed by atoms with Crippen LogP contribution in [0.2, 0.25) is 0 Å². The summed E-state index contributed by atoms with van der Waals surface area (Å²) in [7, 11) is 0. The number of nitrogens with one attached hydrogen (secondary N) is 1. The Morgan fingerprint density at radius 2 is 2.22 bits per heavy atom. The summed E-state index contributed by atoms with van der Waals surface area (Å²) in [6, 6.07) is 8.50. The third kappa shape index (κ3) is 3.10. The van der Waals surface area contributed by atoms with Crippen LogP contribution in [0.1, 0.15) is 5.76 Å². The summed E-state index contributed by atoms with van der Waals surface area (Å²) in [4.78, 5) is 10.5. The van der Waals surface area contributed by atoms with Crippen LogP contribution in [-0.4, -0.2) is 11.5 Å². The Balaban J connectivity index is 2.03. The van der Waals surface area contributed by atoms with Crippen LogP contribution in [0.15, 0.2) is 45.5 Å². The minimum atomic E-state index is -0.401. The molecule has 0 saturated carbocycles. The second-order valence-electron chi connectivity index (χ2n) is 3.67. The van der Waals surface area contributed by atoms with Crippen LogP contribution in [0.3, 0.4) is 0 Å². The molecule has 0 bridgehead atoms. The standard InChI is InChI=1S/C12H11BrN2O3/c13-9-3-4-12(15(16)17)11(8-9)14-6-5-10-2-1-7-18-10/h1-4,7-8,14H,5-6H2. The third-order valence-corrected chi connectivity index (χ3v) is 2.92. The summed E-state index contributed by atoms with van der Waals surface area (Å²) < 4.78 is 5.99. The van der Waals surface area contributed by atoms with Crippen molar-refractivity contribution in [3.8, 4) is 0 Å². The van der Waals surface area contributed by atoms with Crippen molar-refractivity contribution in [2.24, 2.45) is 0 Å². The van der Waals surface area contributed by atoms with E-state index >= 15 is 0 Å². The lowest BCUT2D eigenvalue weighted by molar-refractivity contribution is -0.384. The van der Waals surface area contributed by atoms with Gasteiger partial charge in [0.1, 0.15) is 11.4 Å². The molecule has 0 aliphatic carbocycles. The highest BCUT2D eigenvalue weighted by molar-refractivity contribution is 9.10. The van der Waals surface area contributed by atoms with Crippen molar-refractivity contribution in [2.75, 3.05) is 11.9 Å². The molecule has 0 atom stereocenters. The van der Waals surface area contributed by atoms with Gasteiger partial charge >= 0.3 is 0 Å². The first-order chi connectivity index (χ1) is 8.66. The van der Waals surface area contributed by atoms with Gasteiger partial charge in [-0.25, -0.2) is 0 Å². The normalized spacial score (nSPS) is 10.3. The van der Waals surface area contributed by atoms with Gasteiger partial charge in [0.2, 0.25) is 0 Å². The van der Waals surface area contributed by atoms with Crippen LogP contribution < -0.4 is 5.32 Å². The molecule has 0 aliphatic heterocycles. The second kappa shape index (κ2) is 5.68. The lowest BCUT2D eigenvalue weighted by Gasteiger charge is -2.06. The number of halogens is 1. The summed E-state index contributed by atoms with van der Waals surface area (Å²) in [5, 5.41) is 13.9. The molecule has 0 spiro atoms. The van der Waals surface area contributed by atoms with E-state index in [0.29, 0.717) is 18.7 Å². The number of furan rings is 1. The zero-order chi connectivity index (χ0) is 13.0. The molecule has 0 amide bonds. The number of nitro benzene ring substituents is 1. The number of nitro groups is 1. The first kappa shape index (κ1) is 12.6. The van der Waals surface area contributed by atoms with Gasteiger partial charge in [0.25, 0.3) is 5.69 Å². The minimum Gasteiger partial charge on any atom is -0.469 e. The molecule has 0 unspecified atom stereocenters. The molecule has 5 nitrogen and oxygen atoms in total. The van der Waals surface area contributed by atoms with Gasteiger partial charge in [-0.15, -0.1) is 0 Å². The van der Waals surface area contributed by atoms with Crippen LogP contribution >= 0.6 is 15.9 Å². The molecule has 2 aromatic rings. The average molecular weight is 311 g/mol. The van der Waals surface area contributed by atoms with E-state index in [-0.39, 0.29) is 5.69 Å². The Morgan fingerprint density at radius 1 is 1.39 bits per heavy atom. The number of rotatable bonds is 5. The smallest absolute Gasteiger partial charge is 0.292 e. The number of hydrogen-bond donors (Lipinski definition) is 1. The van der Waals surface area contributed by atoms with Crippen molar-refractivity contribution in [2.45, 2.75) is 6.42 Å². The lowest BCUT2D eigenvalue weighted by atomic mass is 10.2. The molecule has 1 aromatic carbocycles. The van der Waals surface area contributed by atoms with Crippen LogP contribution in [0, 0.1) is 10.1 Å². The maximum Gasteiger partial charge on any atom is 0.292 e. The highest BCUT2D eigenvalue weighted by Crippen LogP contribution is 2.27. The second-order valence-corrected chi connectivity index (χ2v) is 4.59. The van der Waals surface area contributed by atoms with Gasteiger partial charge in [-0.3, -0.25) is 10.1 Å². The molecular weight excluding hydrogens is 300 g/mol. The summed E-state index contributed by atoms with van der Waals surface area (Å²) in [6.45, 7) is 0.574. The zero-order valence-electron chi connectivity index (χ0n) is 9.43. The number of benzene rings is 1. The van der Waals surface area contributed by atoms with Gasteiger partial charge in [0, 0.05) is 23.5 Å². The molecule has 1 aromatic heterocycles. The summed E-state index contributed by atoms with van der Waals surface area (Å²) in [6.07, 6.45) is 2.29. The minimum absolute atomic E-state index is 0.0673. The fraction of sp³-hybridized carbons (Fsp3) is 0.167. The van der Waals surface area contributed by atoms with Gasteiger partial charge in [-0.05, 0) is 24.3 Å². The molecule has 0 fully saturated rings. The van der Waals surface area contributed by atoms with Crippen molar-refractivity contribution in [1.82, 2.24) is 0 Å². The topological polar surface area (TPSA) is 68.3 Å². The predicted octanol–water partition coefficient (Wildman–Crippen LogP) is 3.60. The Bertz CT molecular complexity index is 540. The molecule has 94 valence electrons. The van der Waals surface area contributed by atoms with Crippen LogP contribution in [-0.2, 0) is 6.42 Å². The molecule has 0 aliphatic rings. The fourth-order valence-corrected chi connectivity index (χ4v) is 1.95. The highest BCUT2D eigenvalue weighted by atomic mass is 79.9. The highest BCUT2D eigenvalue weighted by Gasteiger charge is 2.13. The quantitative estimate of drug-likeness (QED) is 0.676. The SMILES string of the molecule is O=[N+]([O-])c1ccc(Br)cc1NCCc1ccco1. The van der Waals surface area contributed by atoms with Crippen molar-refractivity contribution < 1.29 is 9.34 Å². The summed E-state index contributed by atoms with van der Waals surface area (Å²) in [5.41, 5.74) is 0.568. The molecule has 0 radical (unpaired) electrons. The van der Waals surface area contributed by atoms with E-state index in [1.54, 1.807) is 18.4 Å². The van der Waals surface area contributed by atoms with Gasteiger partial charge in [-0.2, -0.15) is 0 Å². The molecular formula is C12H11BrN2O3. The van der Waals surface area contributed by atoms with E-state index in [1.165, 1.54) is 6.07 Å². The molecule has 6 heteroatoms. The molecule has 0 saturated heterocycles. The molecule has 2 rings (SSSR count). The van der Waals surface area contributed by atoms with Gasteiger partial charge in [-0.1, -0.05) is 15.9 Å². The maximum atomic E-state index is 10.9. The molecule has 1 N–H and O–H groups in total. The predicted molar refractivity (Wildman–Crippen MR) is 71.7 cm³/mol. The summed E-state index contributed by atoms with van der Waals surface area (Å²) >= 11 is 3.29. The summed E-state index contributed by atoms with van der Waals surface area (Å²) in [5.74, 6) is 0.847. The van der Waals surface area contributed by atoms with Crippen molar-refractivity contribution in [3.63, 3.8) is 0 Å². The van der Waals surface area contributed by atoms with E-state index in [1.807, 2.05) is 12.1 Å². The Morgan fingerprint density at radius 3 is 2.89 bits per heavy atom. The Kier molecular flexibility index (Phi) is 3.99. The van der Waals surface area contributed by atoms with E-state index < -0.39 is 4.92 Å². The van der Waals surface area contributed by atoms with Crippen molar-refractivity contribution in [1.29, 1.82) is 0 Å². The van der Waals surface area contributed by atoms with Crippen molar-refractivity contribution in [3.05, 3.63) is 56.9 Å². The Labute approximate surface area is 112 Å². The van der Waals surface area contributed by atoms with E-state index in [4.69, 9.17) is 4.42 Å². The number of hydrogen-bond acceptors (Lipinski definition) is 4. The van der Waals surface area contributed by atoms with E-state index in [9.17, 15) is 10.1 Å². The van der Waals surface area contributed by atoms with Crippen molar-refractivity contribution >= 4 is 27.3 Å². The van der Waals surface area contributed by atoms with E-state index in [0.717, 1.165) is 10.2 Å². The van der Waals surface area contributed by atoms with Crippen LogP contribution in [0.4, 0.5) is 11.4 Å². The first-order valence-corrected chi connectivity index (χ1v) is 6.16. The Hall–Kier alpha value is -1.82. The van der Waals surface area contributed by atoms with Gasteiger partial charge < -0.3 is 9.73 Å². The zero-order valence-corrected chi connectivity index (χ0v) is 11.0. The third-order valence-electron chi connectivity index (χ3n) is 2.42. The average Bonchev–Trinajstić information content (AvgIpc) is 2.82. The maximum absolute atomic E-state index is 10.9. The molecule has 18 heavy (non-hydrogen) atoms. The largest absolute Gasteiger partial charge is 0.469 e. The van der Waals surface area contributed by atoms with Gasteiger partial charge in [0.05, 0.1) is 11.2 Å². The number of anilines is 1. The lowest BCUT2D eigenvalue weighted by Crippen LogP contribution is -2.06. The number of nitrogens with zero attached hydrogens (tertiary/aromatic N) is 1. The van der Waals surface area contributed by atoms with Gasteiger partial charge in [0.15, 0.2) is 0 Å². The van der Waals surface area contributed by atoms with E-state index in [2.05, 4.69) is 21.2 Å². The fourth-order valence-electron chi connectivity index (χ4n) is 1.58. The van der Waals surface area contributed by atoms with Crippen LogP contribution in [0.5, 0.6) is 0 Å². The molecule has 1 heterocycles. The first-order valence-electron chi connectivity index (χ1n) is 5.37. The van der Waals surface area contributed by atoms with Crippen LogP contribution in [0.25, 0.3) is 0 Å².